The van der Waals surface area contributed by atoms with Crippen LogP contribution in [0, 0.1) is 20.8 Å². The average molecular weight is 307 g/mol. The number of halogens is 3. The molecule has 1 amide bonds. The SMILES string of the molecule is Cc1cc(C)c(C(=O)Nc2cccc(C(F)(F)F)c2)cc1C. The van der Waals surface area contributed by atoms with E-state index in [1.165, 1.54) is 12.1 Å². The minimum absolute atomic E-state index is 0.123. The number of amides is 1. The third-order valence-corrected chi connectivity index (χ3v) is 3.53. The Labute approximate surface area is 127 Å². The smallest absolute Gasteiger partial charge is 0.322 e. The first-order valence-electron chi connectivity index (χ1n) is 6.75. The molecule has 0 saturated heterocycles. The Morgan fingerprint density at radius 1 is 0.955 bits per heavy atom. The van der Waals surface area contributed by atoms with Crippen molar-refractivity contribution in [1.29, 1.82) is 0 Å². The predicted octanol–water partition coefficient (Wildman–Crippen LogP) is 4.88. The van der Waals surface area contributed by atoms with E-state index in [2.05, 4.69) is 5.32 Å². The number of carbonyl (C=O) groups is 1. The quantitative estimate of drug-likeness (QED) is 0.841. The summed E-state index contributed by atoms with van der Waals surface area (Å²) in [6.07, 6.45) is -4.43. The Bertz CT molecular complexity index is 720. The number of alkyl halides is 3. The van der Waals surface area contributed by atoms with Crippen LogP contribution in [0.15, 0.2) is 36.4 Å². The van der Waals surface area contributed by atoms with Crippen LogP contribution < -0.4 is 5.32 Å². The van der Waals surface area contributed by atoms with Crippen molar-refractivity contribution in [2.45, 2.75) is 26.9 Å². The molecule has 5 heteroatoms. The Kier molecular flexibility index (Phi) is 4.26. The van der Waals surface area contributed by atoms with E-state index in [1.807, 2.05) is 19.9 Å². The van der Waals surface area contributed by atoms with Gasteiger partial charge in [0.15, 0.2) is 0 Å². The molecular formula is C17H16F3NO. The van der Waals surface area contributed by atoms with Gasteiger partial charge in [0.1, 0.15) is 0 Å². The second kappa shape index (κ2) is 5.83. The molecule has 0 bridgehead atoms. The number of aryl methyl sites for hydroxylation is 3. The molecule has 116 valence electrons. The van der Waals surface area contributed by atoms with Crippen LogP contribution >= 0.6 is 0 Å². The molecule has 0 aliphatic rings. The highest BCUT2D eigenvalue weighted by atomic mass is 19.4. The largest absolute Gasteiger partial charge is 0.416 e. The third kappa shape index (κ3) is 3.47. The number of anilines is 1. The van der Waals surface area contributed by atoms with Gasteiger partial charge in [-0.05, 0) is 61.7 Å². The summed E-state index contributed by atoms with van der Waals surface area (Å²) in [4.78, 5) is 12.3. The van der Waals surface area contributed by atoms with Gasteiger partial charge in [0.2, 0.25) is 0 Å². The molecule has 0 aliphatic heterocycles. The van der Waals surface area contributed by atoms with Gasteiger partial charge in [0, 0.05) is 11.3 Å². The minimum Gasteiger partial charge on any atom is -0.322 e. The fourth-order valence-corrected chi connectivity index (χ4v) is 2.18. The molecule has 0 aromatic heterocycles. The molecule has 2 aromatic rings. The van der Waals surface area contributed by atoms with Gasteiger partial charge in [-0.2, -0.15) is 13.2 Å². The van der Waals surface area contributed by atoms with E-state index >= 15 is 0 Å². The Hall–Kier alpha value is -2.30. The summed E-state index contributed by atoms with van der Waals surface area (Å²) in [5.41, 5.74) is 2.60. The van der Waals surface area contributed by atoms with Crippen LogP contribution in [0.25, 0.3) is 0 Å². The standard InChI is InChI=1S/C17H16F3NO/c1-10-7-12(3)15(8-11(10)2)16(22)21-14-6-4-5-13(9-14)17(18,19)20/h4-9H,1-3H3,(H,21,22). The van der Waals surface area contributed by atoms with E-state index in [9.17, 15) is 18.0 Å². The van der Waals surface area contributed by atoms with E-state index in [0.717, 1.165) is 28.8 Å². The van der Waals surface area contributed by atoms with Gasteiger partial charge in [-0.25, -0.2) is 0 Å². The highest BCUT2D eigenvalue weighted by Gasteiger charge is 2.30. The van der Waals surface area contributed by atoms with Crippen molar-refractivity contribution in [3.05, 3.63) is 64.2 Å². The van der Waals surface area contributed by atoms with Gasteiger partial charge in [0.05, 0.1) is 5.56 Å². The molecule has 0 spiro atoms. The van der Waals surface area contributed by atoms with Crippen molar-refractivity contribution in [3.63, 3.8) is 0 Å². The van der Waals surface area contributed by atoms with Gasteiger partial charge in [-0.1, -0.05) is 12.1 Å². The van der Waals surface area contributed by atoms with Gasteiger partial charge in [0.25, 0.3) is 5.91 Å². The molecule has 0 radical (unpaired) electrons. The Morgan fingerprint density at radius 2 is 1.59 bits per heavy atom. The molecule has 1 N–H and O–H groups in total. The summed E-state index contributed by atoms with van der Waals surface area (Å²) in [7, 11) is 0. The lowest BCUT2D eigenvalue weighted by atomic mass is 10.0. The van der Waals surface area contributed by atoms with Crippen LogP contribution in [-0.2, 0) is 6.18 Å². The number of benzene rings is 2. The van der Waals surface area contributed by atoms with Crippen molar-refractivity contribution in [2.75, 3.05) is 5.32 Å². The first-order valence-corrected chi connectivity index (χ1v) is 6.75. The lowest BCUT2D eigenvalue weighted by molar-refractivity contribution is -0.137. The number of hydrogen-bond acceptors (Lipinski definition) is 1. The summed E-state index contributed by atoms with van der Waals surface area (Å²) in [6.45, 7) is 5.63. The highest BCUT2D eigenvalue weighted by Crippen LogP contribution is 2.30. The van der Waals surface area contributed by atoms with E-state index in [-0.39, 0.29) is 5.69 Å². The summed E-state index contributed by atoms with van der Waals surface area (Å²) in [5.74, 6) is -0.417. The second-order valence-electron chi connectivity index (χ2n) is 5.28. The van der Waals surface area contributed by atoms with Gasteiger partial charge < -0.3 is 5.32 Å². The molecule has 0 atom stereocenters. The minimum atomic E-state index is -4.43. The zero-order valence-corrected chi connectivity index (χ0v) is 12.5. The fourth-order valence-electron chi connectivity index (χ4n) is 2.18. The zero-order chi connectivity index (χ0) is 16.5. The first kappa shape index (κ1) is 16.1. The van der Waals surface area contributed by atoms with Crippen molar-refractivity contribution >= 4 is 11.6 Å². The van der Waals surface area contributed by atoms with Crippen LogP contribution in [0.5, 0.6) is 0 Å². The zero-order valence-electron chi connectivity index (χ0n) is 12.5. The monoisotopic (exact) mass is 307 g/mol. The molecule has 0 heterocycles. The third-order valence-electron chi connectivity index (χ3n) is 3.53. The molecular weight excluding hydrogens is 291 g/mol. The number of hydrogen-bond donors (Lipinski definition) is 1. The van der Waals surface area contributed by atoms with Crippen molar-refractivity contribution in [2.24, 2.45) is 0 Å². The number of rotatable bonds is 2. The fraction of sp³-hybridized carbons (Fsp3) is 0.235. The lowest BCUT2D eigenvalue weighted by Crippen LogP contribution is -2.15. The van der Waals surface area contributed by atoms with Gasteiger partial charge in [-0.15, -0.1) is 0 Å². The topological polar surface area (TPSA) is 29.1 Å². The summed E-state index contributed by atoms with van der Waals surface area (Å²) in [6, 6.07) is 8.23. The molecule has 0 saturated carbocycles. The maximum atomic E-state index is 12.7. The van der Waals surface area contributed by atoms with Crippen LogP contribution in [0.4, 0.5) is 18.9 Å². The van der Waals surface area contributed by atoms with Crippen LogP contribution in [0.3, 0.4) is 0 Å². The highest BCUT2D eigenvalue weighted by molar-refractivity contribution is 6.05. The summed E-state index contributed by atoms with van der Waals surface area (Å²) < 4.78 is 38.0. The Morgan fingerprint density at radius 3 is 2.23 bits per heavy atom. The molecule has 0 aliphatic carbocycles. The van der Waals surface area contributed by atoms with E-state index in [0.29, 0.717) is 5.56 Å². The van der Waals surface area contributed by atoms with Crippen molar-refractivity contribution in [1.82, 2.24) is 0 Å². The second-order valence-corrected chi connectivity index (χ2v) is 5.28. The maximum absolute atomic E-state index is 12.7. The maximum Gasteiger partial charge on any atom is 0.416 e. The molecule has 22 heavy (non-hydrogen) atoms. The molecule has 2 aromatic carbocycles. The average Bonchev–Trinajstić information content (AvgIpc) is 2.42. The van der Waals surface area contributed by atoms with Crippen molar-refractivity contribution < 1.29 is 18.0 Å². The van der Waals surface area contributed by atoms with Crippen molar-refractivity contribution in [3.8, 4) is 0 Å². The molecule has 0 unspecified atom stereocenters. The first-order chi connectivity index (χ1) is 10.2. The molecule has 2 nitrogen and oxygen atoms in total. The van der Waals surface area contributed by atoms with E-state index in [4.69, 9.17) is 0 Å². The summed E-state index contributed by atoms with van der Waals surface area (Å²) >= 11 is 0. The molecule has 0 fully saturated rings. The van der Waals surface area contributed by atoms with Crippen LogP contribution in [-0.4, -0.2) is 5.91 Å². The lowest BCUT2D eigenvalue weighted by Gasteiger charge is -2.12. The number of nitrogens with one attached hydrogen (secondary N) is 1. The number of carbonyl (C=O) groups excluding carboxylic acids is 1. The van der Waals surface area contributed by atoms with Crippen LogP contribution in [0.2, 0.25) is 0 Å². The summed E-state index contributed by atoms with van der Waals surface area (Å²) in [5, 5.41) is 2.52. The van der Waals surface area contributed by atoms with E-state index < -0.39 is 17.6 Å². The molecule has 2 rings (SSSR count). The van der Waals surface area contributed by atoms with Crippen LogP contribution in [0.1, 0.15) is 32.6 Å². The Balaban J connectivity index is 2.28. The predicted molar refractivity (Wildman–Crippen MR) is 80.1 cm³/mol. The van der Waals surface area contributed by atoms with Gasteiger partial charge in [-0.3, -0.25) is 4.79 Å². The normalized spacial score (nSPS) is 11.4. The van der Waals surface area contributed by atoms with Gasteiger partial charge >= 0.3 is 6.18 Å². The van der Waals surface area contributed by atoms with E-state index in [1.54, 1.807) is 13.0 Å².